The van der Waals surface area contributed by atoms with E-state index >= 15 is 0 Å². The molecule has 1 aliphatic rings. The summed E-state index contributed by atoms with van der Waals surface area (Å²) in [5, 5.41) is 13.1. The topological polar surface area (TPSA) is 97.1 Å². The third-order valence-corrected chi connectivity index (χ3v) is 5.26. The largest absolute Gasteiger partial charge is 0.478 e. The second-order valence-electron chi connectivity index (χ2n) is 7.33. The summed E-state index contributed by atoms with van der Waals surface area (Å²) in [7, 11) is 0. The van der Waals surface area contributed by atoms with Gasteiger partial charge in [-0.05, 0) is 54.7 Å². The molecule has 1 aliphatic carbocycles. The maximum absolute atomic E-state index is 13.0. The van der Waals surface area contributed by atoms with E-state index in [9.17, 15) is 14.7 Å². The van der Waals surface area contributed by atoms with E-state index in [1.807, 2.05) is 30.3 Å². The minimum atomic E-state index is -1.05. The number of carbonyl (C=O) groups is 1. The van der Waals surface area contributed by atoms with E-state index in [-0.39, 0.29) is 16.9 Å². The van der Waals surface area contributed by atoms with Crippen LogP contribution in [0.25, 0.3) is 16.6 Å². The quantitative estimate of drug-likeness (QED) is 0.525. The maximum Gasteiger partial charge on any atom is 0.339 e. The SMILES string of the molecule is O=C(O)c1cc(C2CC2)cnc1Nc1cccc2c(=O)n(-c3ccccc3)cnc12. The molecule has 0 saturated heterocycles. The van der Waals surface area contributed by atoms with Crippen molar-refractivity contribution in [2.24, 2.45) is 0 Å². The van der Waals surface area contributed by atoms with Crippen LogP contribution in [-0.4, -0.2) is 25.6 Å². The molecule has 1 fully saturated rings. The van der Waals surface area contributed by atoms with Gasteiger partial charge in [0, 0.05) is 6.20 Å². The van der Waals surface area contributed by atoms with Crippen molar-refractivity contribution in [1.82, 2.24) is 14.5 Å². The predicted octanol–water partition coefficient (Wildman–Crippen LogP) is 4.10. The number of aromatic nitrogens is 3. The first-order valence-electron chi connectivity index (χ1n) is 9.68. The molecule has 7 nitrogen and oxygen atoms in total. The number of fused-ring (bicyclic) bond motifs is 1. The standard InChI is InChI=1S/C23H18N4O3/c28-22-17-7-4-8-19(20(17)25-13-27(22)16-5-2-1-3-6-16)26-21-18(23(29)30)11-15(12-24-21)14-9-10-14/h1-8,11-14H,9-10H2,(H,24,26)(H,29,30). The van der Waals surface area contributed by atoms with Gasteiger partial charge in [0.2, 0.25) is 0 Å². The lowest BCUT2D eigenvalue weighted by atomic mass is 10.1. The number of aromatic carboxylic acids is 1. The molecule has 4 aromatic rings. The van der Waals surface area contributed by atoms with Gasteiger partial charge in [0.25, 0.3) is 5.56 Å². The number of nitrogens with one attached hydrogen (secondary N) is 1. The minimum absolute atomic E-state index is 0.106. The van der Waals surface area contributed by atoms with Gasteiger partial charge in [-0.3, -0.25) is 9.36 Å². The smallest absolute Gasteiger partial charge is 0.339 e. The van der Waals surface area contributed by atoms with Gasteiger partial charge in [-0.15, -0.1) is 0 Å². The summed E-state index contributed by atoms with van der Waals surface area (Å²) in [5.41, 5.74) is 2.55. The first kappa shape index (κ1) is 18.1. The molecule has 148 valence electrons. The fraction of sp³-hybridized carbons (Fsp3) is 0.130. The zero-order chi connectivity index (χ0) is 20.7. The van der Waals surface area contributed by atoms with Crippen LogP contribution < -0.4 is 10.9 Å². The Morgan fingerprint density at radius 1 is 1.07 bits per heavy atom. The summed E-state index contributed by atoms with van der Waals surface area (Å²) in [5.74, 6) is -0.416. The van der Waals surface area contributed by atoms with E-state index in [4.69, 9.17) is 0 Å². The zero-order valence-electron chi connectivity index (χ0n) is 15.9. The lowest BCUT2D eigenvalue weighted by Gasteiger charge is -2.13. The molecule has 0 atom stereocenters. The molecule has 2 N–H and O–H groups in total. The maximum atomic E-state index is 13.0. The highest BCUT2D eigenvalue weighted by atomic mass is 16.4. The molecule has 2 aromatic heterocycles. The van der Waals surface area contributed by atoms with Crippen LogP contribution in [0, 0.1) is 0 Å². The lowest BCUT2D eigenvalue weighted by Crippen LogP contribution is -2.19. The number of nitrogens with zero attached hydrogens (tertiary/aromatic N) is 3. The van der Waals surface area contributed by atoms with E-state index in [1.54, 1.807) is 30.5 Å². The van der Waals surface area contributed by atoms with Crippen LogP contribution in [-0.2, 0) is 0 Å². The predicted molar refractivity (Wildman–Crippen MR) is 114 cm³/mol. The third-order valence-electron chi connectivity index (χ3n) is 5.26. The Hall–Kier alpha value is -4.00. The molecule has 30 heavy (non-hydrogen) atoms. The fourth-order valence-corrected chi connectivity index (χ4v) is 3.54. The molecule has 2 aromatic carbocycles. The van der Waals surface area contributed by atoms with Crippen molar-refractivity contribution in [3.8, 4) is 5.69 Å². The monoisotopic (exact) mass is 398 g/mol. The van der Waals surface area contributed by atoms with Gasteiger partial charge in [-0.25, -0.2) is 14.8 Å². The van der Waals surface area contributed by atoms with E-state index in [2.05, 4.69) is 15.3 Å². The highest BCUT2D eigenvalue weighted by Crippen LogP contribution is 2.40. The number of benzene rings is 2. The molecule has 1 saturated carbocycles. The van der Waals surface area contributed by atoms with Crippen LogP contribution in [0.15, 0.2) is 71.9 Å². The Bertz CT molecular complexity index is 1330. The Balaban J connectivity index is 1.58. The van der Waals surface area contributed by atoms with E-state index in [0.29, 0.717) is 22.5 Å². The second kappa shape index (κ2) is 7.11. The average Bonchev–Trinajstić information content (AvgIpc) is 3.61. The molecule has 0 aliphatic heterocycles. The zero-order valence-corrected chi connectivity index (χ0v) is 15.9. The Morgan fingerprint density at radius 3 is 2.60 bits per heavy atom. The molecule has 0 bridgehead atoms. The summed E-state index contributed by atoms with van der Waals surface area (Å²) >= 11 is 0. The minimum Gasteiger partial charge on any atom is -0.478 e. The van der Waals surface area contributed by atoms with Crippen LogP contribution in [0.1, 0.15) is 34.7 Å². The lowest BCUT2D eigenvalue weighted by molar-refractivity contribution is 0.0697. The molecule has 7 heteroatoms. The van der Waals surface area contributed by atoms with Gasteiger partial charge in [-0.1, -0.05) is 24.3 Å². The van der Waals surface area contributed by atoms with Crippen LogP contribution in [0.4, 0.5) is 11.5 Å². The van der Waals surface area contributed by atoms with Gasteiger partial charge < -0.3 is 10.4 Å². The Labute approximate surface area is 171 Å². The summed E-state index contributed by atoms with van der Waals surface area (Å²) in [6.07, 6.45) is 5.32. The molecule has 0 spiro atoms. The highest BCUT2D eigenvalue weighted by Gasteiger charge is 2.26. The first-order chi connectivity index (χ1) is 14.6. The van der Waals surface area contributed by atoms with Crippen molar-refractivity contribution in [2.75, 3.05) is 5.32 Å². The molecule has 2 heterocycles. The summed E-state index contributed by atoms with van der Waals surface area (Å²) in [6, 6.07) is 16.1. The van der Waals surface area contributed by atoms with Gasteiger partial charge in [0.05, 0.1) is 16.8 Å². The number of rotatable bonds is 5. The number of carboxylic acids is 1. The molecular weight excluding hydrogens is 380 g/mol. The molecule has 0 radical (unpaired) electrons. The van der Waals surface area contributed by atoms with Crippen molar-refractivity contribution in [1.29, 1.82) is 0 Å². The number of carboxylic acid groups (broad SMARTS) is 1. The van der Waals surface area contributed by atoms with Crippen LogP contribution in [0.3, 0.4) is 0 Å². The number of para-hydroxylation sites is 2. The van der Waals surface area contributed by atoms with Gasteiger partial charge in [0.15, 0.2) is 0 Å². The normalized spacial score (nSPS) is 13.3. The van der Waals surface area contributed by atoms with Crippen molar-refractivity contribution in [3.05, 3.63) is 88.6 Å². The van der Waals surface area contributed by atoms with E-state index < -0.39 is 5.97 Å². The van der Waals surface area contributed by atoms with Gasteiger partial charge in [-0.2, -0.15) is 0 Å². The van der Waals surface area contributed by atoms with Crippen LogP contribution >= 0.6 is 0 Å². The fourth-order valence-electron chi connectivity index (χ4n) is 3.54. The summed E-state index contributed by atoms with van der Waals surface area (Å²) in [4.78, 5) is 33.6. The van der Waals surface area contributed by atoms with Crippen LogP contribution in [0.5, 0.6) is 0 Å². The molecule has 0 amide bonds. The molecule has 5 rings (SSSR count). The van der Waals surface area contributed by atoms with Gasteiger partial charge >= 0.3 is 5.97 Å². The summed E-state index contributed by atoms with van der Waals surface area (Å²) in [6.45, 7) is 0. The average molecular weight is 398 g/mol. The van der Waals surface area contributed by atoms with Gasteiger partial charge in [0.1, 0.15) is 23.2 Å². The highest BCUT2D eigenvalue weighted by molar-refractivity contribution is 5.97. The van der Waals surface area contributed by atoms with E-state index in [0.717, 1.165) is 24.1 Å². The number of hydrogen-bond donors (Lipinski definition) is 2. The van der Waals surface area contributed by atoms with Crippen molar-refractivity contribution < 1.29 is 9.90 Å². The first-order valence-corrected chi connectivity index (χ1v) is 9.68. The number of pyridine rings is 1. The molecular formula is C23H18N4O3. The summed E-state index contributed by atoms with van der Waals surface area (Å²) < 4.78 is 1.48. The van der Waals surface area contributed by atoms with Crippen molar-refractivity contribution in [2.45, 2.75) is 18.8 Å². The molecule has 0 unspecified atom stereocenters. The Kier molecular flexibility index (Phi) is 4.28. The van der Waals surface area contributed by atoms with E-state index in [1.165, 1.54) is 10.9 Å². The second-order valence-corrected chi connectivity index (χ2v) is 7.33. The Morgan fingerprint density at radius 2 is 1.87 bits per heavy atom. The van der Waals surface area contributed by atoms with Crippen molar-refractivity contribution >= 4 is 28.4 Å². The van der Waals surface area contributed by atoms with Crippen molar-refractivity contribution in [3.63, 3.8) is 0 Å². The number of hydrogen-bond acceptors (Lipinski definition) is 5. The third kappa shape index (κ3) is 3.20. The van der Waals surface area contributed by atoms with Crippen LogP contribution in [0.2, 0.25) is 0 Å². The number of anilines is 2.